The van der Waals surface area contributed by atoms with Crippen molar-refractivity contribution in [3.63, 3.8) is 0 Å². The Hall–Kier alpha value is -3.48. The number of unbranched alkanes of at least 4 members (excludes halogenated alkanes) is 7. The second-order valence-corrected chi connectivity index (χ2v) is 11.9. The summed E-state index contributed by atoms with van der Waals surface area (Å²) in [7, 11) is 0. The van der Waals surface area contributed by atoms with Gasteiger partial charge in [-0.05, 0) is 80.6 Å². The highest BCUT2D eigenvalue weighted by molar-refractivity contribution is 5.87. The summed E-state index contributed by atoms with van der Waals surface area (Å²) in [5.41, 5.74) is 4.78. The van der Waals surface area contributed by atoms with E-state index in [4.69, 9.17) is 23.7 Å². The minimum absolute atomic E-state index is 0.108. The first-order valence-corrected chi connectivity index (χ1v) is 15.2. The zero-order chi connectivity index (χ0) is 30.5. The maximum Gasteiger partial charge on any atom is 0.508 e. The highest BCUT2D eigenvalue weighted by atomic mass is 16.7. The molecular formula is C35H48O7. The van der Waals surface area contributed by atoms with Crippen LogP contribution in [0, 0.1) is 19.3 Å². The molecule has 0 N–H and O–H groups in total. The zero-order valence-corrected chi connectivity index (χ0v) is 26.1. The Morgan fingerprint density at radius 1 is 0.905 bits per heavy atom. The molecule has 3 rings (SSSR count). The number of benzene rings is 2. The van der Waals surface area contributed by atoms with E-state index in [-0.39, 0.29) is 19.8 Å². The van der Waals surface area contributed by atoms with Gasteiger partial charge in [-0.25, -0.2) is 9.59 Å². The van der Waals surface area contributed by atoms with Crippen LogP contribution in [0.4, 0.5) is 4.79 Å². The van der Waals surface area contributed by atoms with Gasteiger partial charge >= 0.3 is 12.1 Å². The van der Waals surface area contributed by atoms with Crippen molar-refractivity contribution >= 4 is 12.1 Å². The Morgan fingerprint density at radius 2 is 1.52 bits per heavy atom. The lowest BCUT2D eigenvalue weighted by Gasteiger charge is -2.32. The molecule has 1 aliphatic rings. The molecule has 7 heteroatoms. The van der Waals surface area contributed by atoms with Crippen LogP contribution in [0.1, 0.15) is 88.8 Å². The third-order valence-electron chi connectivity index (χ3n) is 7.46. The fraction of sp³-hybridized carbons (Fsp3) is 0.543. The standard InChI is InChI=1S/C35H48O7/c1-7-8-9-10-11-12-13-14-17-38-31-16-15-28(20-30(31)21-39-33(36)25(2)3)29-18-26(4)32(27(5)19-29)40-22-35(6)23-41-34(37)42-24-35/h15-16,18-20H,2,7-14,17,21-24H2,1,3-6H3. The van der Waals surface area contributed by atoms with Gasteiger partial charge in [-0.1, -0.05) is 64.5 Å². The highest BCUT2D eigenvalue weighted by Crippen LogP contribution is 2.34. The number of carbonyl (C=O) groups excluding carboxylic acids is 2. The van der Waals surface area contributed by atoms with Crippen LogP contribution in [0.25, 0.3) is 11.1 Å². The number of aryl methyl sites for hydroxylation is 2. The maximum absolute atomic E-state index is 12.1. The van der Waals surface area contributed by atoms with E-state index in [1.54, 1.807) is 6.92 Å². The maximum atomic E-state index is 12.1. The van der Waals surface area contributed by atoms with Crippen molar-refractivity contribution in [1.29, 1.82) is 0 Å². The number of rotatable bonds is 17. The number of hydrogen-bond donors (Lipinski definition) is 0. The van der Waals surface area contributed by atoms with E-state index in [9.17, 15) is 9.59 Å². The van der Waals surface area contributed by atoms with E-state index >= 15 is 0 Å². The quantitative estimate of drug-likeness (QED) is 0.105. The summed E-state index contributed by atoms with van der Waals surface area (Å²) in [6.07, 6.45) is 9.25. The molecule has 0 saturated carbocycles. The zero-order valence-electron chi connectivity index (χ0n) is 26.1. The molecule has 0 unspecified atom stereocenters. The number of hydrogen-bond acceptors (Lipinski definition) is 7. The van der Waals surface area contributed by atoms with Crippen molar-refractivity contribution in [1.82, 2.24) is 0 Å². The van der Waals surface area contributed by atoms with Gasteiger partial charge in [0.1, 0.15) is 37.9 Å². The minimum Gasteiger partial charge on any atom is -0.493 e. The molecule has 0 atom stereocenters. The van der Waals surface area contributed by atoms with Crippen molar-refractivity contribution in [3.8, 4) is 22.6 Å². The van der Waals surface area contributed by atoms with Crippen molar-refractivity contribution in [2.75, 3.05) is 26.4 Å². The molecule has 1 saturated heterocycles. The first-order valence-electron chi connectivity index (χ1n) is 15.2. The topological polar surface area (TPSA) is 80.3 Å². The minimum atomic E-state index is -0.637. The monoisotopic (exact) mass is 580 g/mol. The predicted molar refractivity (Wildman–Crippen MR) is 165 cm³/mol. The van der Waals surface area contributed by atoms with E-state index in [2.05, 4.69) is 25.6 Å². The molecule has 1 aliphatic heterocycles. The molecule has 2 aromatic rings. The molecule has 0 bridgehead atoms. The molecule has 42 heavy (non-hydrogen) atoms. The Balaban J connectivity index is 1.68. The Bertz CT molecular complexity index is 1180. The number of esters is 1. The van der Waals surface area contributed by atoms with Crippen molar-refractivity contribution in [3.05, 3.63) is 59.2 Å². The van der Waals surface area contributed by atoms with Crippen molar-refractivity contribution in [2.24, 2.45) is 5.41 Å². The van der Waals surface area contributed by atoms with E-state index in [1.807, 2.05) is 39.0 Å². The van der Waals surface area contributed by atoms with Crippen LogP contribution < -0.4 is 9.47 Å². The van der Waals surface area contributed by atoms with Crippen LogP contribution in [0.3, 0.4) is 0 Å². The lowest BCUT2D eigenvalue weighted by molar-refractivity contribution is -0.140. The Morgan fingerprint density at radius 3 is 2.14 bits per heavy atom. The van der Waals surface area contributed by atoms with E-state index in [0.29, 0.717) is 18.8 Å². The summed E-state index contributed by atoms with van der Waals surface area (Å²) in [6, 6.07) is 10.2. The first kappa shape index (κ1) is 33.0. The molecule has 0 radical (unpaired) electrons. The van der Waals surface area contributed by atoms with Gasteiger partial charge in [0.05, 0.1) is 12.0 Å². The third-order valence-corrected chi connectivity index (χ3v) is 7.46. The van der Waals surface area contributed by atoms with Crippen LogP contribution >= 0.6 is 0 Å². The molecule has 1 fully saturated rings. The molecule has 2 aromatic carbocycles. The number of ether oxygens (including phenoxy) is 5. The fourth-order valence-corrected chi connectivity index (χ4v) is 4.92. The third kappa shape index (κ3) is 10.1. The summed E-state index contributed by atoms with van der Waals surface area (Å²) < 4.78 is 28.0. The van der Waals surface area contributed by atoms with E-state index in [1.165, 1.54) is 38.5 Å². The van der Waals surface area contributed by atoms with Crippen LogP contribution in [0.15, 0.2) is 42.5 Å². The summed E-state index contributed by atoms with van der Waals surface area (Å²) in [6.45, 7) is 15.2. The van der Waals surface area contributed by atoms with Crippen LogP contribution in [0.5, 0.6) is 11.5 Å². The first-order chi connectivity index (χ1) is 20.1. The second-order valence-electron chi connectivity index (χ2n) is 11.9. The number of cyclic esters (lactones) is 2. The Kier molecular flexibility index (Phi) is 12.8. The van der Waals surface area contributed by atoms with Crippen molar-refractivity contribution < 1.29 is 33.3 Å². The Labute approximate surface area is 251 Å². The summed E-state index contributed by atoms with van der Waals surface area (Å²) in [4.78, 5) is 23.4. The molecule has 0 aromatic heterocycles. The van der Waals surface area contributed by atoms with Gasteiger partial charge in [-0.15, -0.1) is 0 Å². The fourth-order valence-electron chi connectivity index (χ4n) is 4.92. The normalized spacial score (nSPS) is 14.1. The largest absolute Gasteiger partial charge is 0.508 e. The predicted octanol–water partition coefficient (Wildman–Crippen LogP) is 8.66. The van der Waals surface area contributed by atoms with Crippen LogP contribution in [-0.2, 0) is 25.6 Å². The smallest absolute Gasteiger partial charge is 0.493 e. The van der Waals surface area contributed by atoms with Gasteiger partial charge in [-0.2, -0.15) is 0 Å². The summed E-state index contributed by atoms with van der Waals surface area (Å²) in [5, 5.41) is 0. The van der Waals surface area contributed by atoms with Crippen LogP contribution in [-0.4, -0.2) is 38.6 Å². The molecule has 0 aliphatic carbocycles. The summed E-state index contributed by atoms with van der Waals surface area (Å²) in [5.74, 6) is 1.11. The van der Waals surface area contributed by atoms with Gasteiger partial charge in [0, 0.05) is 11.1 Å². The van der Waals surface area contributed by atoms with Crippen molar-refractivity contribution in [2.45, 2.75) is 92.6 Å². The van der Waals surface area contributed by atoms with E-state index < -0.39 is 17.5 Å². The lowest BCUT2D eigenvalue weighted by atomic mass is 9.93. The second kappa shape index (κ2) is 16.2. The average Bonchev–Trinajstić information content (AvgIpc) is 2.96. The van der Waals surface area contributed by atoms with E-state index in [0.717, 1.165) is 52.2 Å². The lowest BCUT2D eigenvalue weighted by Crippen LogP contribution is -2.41. The molecule has 0 spiro atoms. The molecule has 1 heterocycles. The van der Waals surface area contributed by atoms with Gasteiger partial charge in [0.15, 0.2) is 0 Å². The molecule has 0 amide bonds. The van der Waals surface area contributed by atoms with Gasteiger partial charge in [0.2, 0.25) is 0 Å². The van der Waals surface area contributed by atoms with Gasteiger partial charge < -0.3 is 23.7 Å². The molecular weight excluding hydrogens is 532 g/mol. The van der Waals surface area contributed by atoms with Gasteiger partial charge in [0.25, 0.3) is 0 Å². The average molecular weight is 581 g/mol. The van der Waals surface area contributed by atoms with Gasteiger partial charge in [-0.3, -0.25) is 0 Å². The highest BCUT2D eigenvalue weighted by Gasteiger charge is 2.34. The van der Waals surface area contributed by atoms with Crippen LogP contribution in [0.2, 0.25) is 0 Å². The summed E-state index contributed by atoms with van der Waals surface area (Å²) >= 11 is 0. The number of carbonyl (C=O) groups is 2. The molecule has 230 valence electrons. The molecule has 7 nitrogen and oxygen atoms in total. The SMILES string of the molecule is C=C(C)C(=O)OCc1cc(-c2cc(C)c(OCC3(C)COC(=O)OC3)c(C)c2)ccc1OCCCCCCCCCC.